The van der Waals surface area contributed by atoms with Gasteiger partial charge in [-0.1, -0.05) is 11.3 Å². The predicted molar refractivity (Wildman–Crippen MR) is 115 cm³/mol. The van der Waals surface area contributed by atoms with E-state index < -0.39 is 0 Å². The minimum absolute atomic E-state index is 0.427. The fraction of sp³-hybridized carbons (Fsp3) is 0.421. The average molecular weight is 400 g/mol. The molecule has 0 spiro atoms. The highest BCUT2D eigenvalue weighted by atomic mass is 32.1. The van der Waals surface area contributed by atoms with Crippen LogP contribution in [0.2, 0.25) is 0 Å². The van der Waals surface area contributed by atoms with E-state index in [9.17, 15) is 0 Å². The normalized spacial score (nSPS) is 15.7. The van der Waals surface area contributed by atoms with Crippen molar-refractivity contribution in [2.45, 2.75) is 18.9 Å². The zero-order valence-electron chi connectivity index (χ0n) is 16.3. The molecule has 3 aromatic rings. The molecule has 1 saturated heterocycles. The van der Waals surface area contributed by atoms with Crippen LogP contribution in [0.25, 0.3) is 10.2 Å². The molecule has 0 radical (unpaired) electrons. The van der Waals surface area contributed by atoms with E-state index in [0.29, 0.717) is 17.5 Å². The summed E-state index contributed by atoms with van der Waals surface area (Å²) in [5.41, 5.74) is 7.87. The molecule has 0 bridgehead atoms. The van der Waals surface area contributed by atoms with Crippen LogP contribution < -0.4 is 20.7 Å². The van der Waals surface area contributed by atoms with E-state index in [4.69, 9.17) is 10.5 Å². The van der Waals surface area contributed by atoms with Crippen molar-refractivity contribution in [3.05, 3.63) is 24.5 Å². The summed E-state index contributed by atoms with van der Waals surface area (Å²) in [6.07, 6.45) is 3.74. The van der Waals surface area contributed by atoms with E-state index in [1.807, 2.05) is 18.2 Å². The number of hydrogen-bond donors (Lipinski definition) is 2. The maximum atomic E-state index is 6.42. The maximum Gasteiger partial charge on any atom is 0.189 e. The van der Waals surface area contributed by atoms with Crippen LogP contribution in [0.15, 0.2) is 24.5 Å². The van der Waals surface area contributed by atoms with Crippen LogP contribution in [0.3, 0.4) is 0 Å². The van der Waals surface area contributed by atoms with E-state index in [0.717, 1.165) is 52.8 Å². The van der Waals surface area contributed by atoms with Crippen molar-refractivity contribution < 1.29 is 4.74 Å². The maximum absolute atomic E-state index is 6.42. The summed E-state index contributed by atoms with van der Waals surface area (Å²) < 4.78 is 6.32. The van der Waals surface area contributed by atoms with Crippen molar-refractivity contribution in [2.24, 2.45) is 0 Å². The molecule has 8 nitrogen and oxygen atoms in total. The van der Waals surface area contributed by atoms with Crippen LogP contribution >= 0.6 is 11.3 Å². The number of piperidine rings is 1. The molecule has 0 amide bonds. The molecule has 0 saturated carbocycles. The Balaban J connectivity index is 1.56. The van der Waals surface area contributed by atoms with E-state index in [1.54, 1.807) is 13.4 Å². The SMILES string of the molecule is COc1ccc2nc(Nc3ncnc(N(C)C4CCN(C)CC4)c3N)sc2c1. The smallest absolute Gasteiger partial charge is 0.189 e. The van der Waals surface area contributed by atoms with Crippen molar-refractivity contribution in [1.29, 1.82) is 0 Å². The first-order valence-electron chi connectivity index (χ1n) is 9.28. The number of nitrogens with zero attached hydrogens (tertiary/aromatic N) is 5. The van der Waals surface area contributed by atoms with Gasteiger partial charge < -0.3 is 25.6 Å². The number of likely N-dealkylation sites (tertiary alicyclic amines) is 1. The van der Waals surface area contributed by atoms with Crippen molar-refractivity contribution in [2.75, 3.05) is 50.2 Å². The Morgan fingerprint density at radius 3 is 2.82 bits per heavy atom. The lowest BCUT2D eigenvalue weighted by Crippen LogP contribution is -2.42. The fourth-order valence-corrected chi connectivity index (χ4v) is 4.40. The van der Waals surface area contributed by atoms with Gasteiger partial charge in [-0.05, 0) is 51.2 Å². The monoisotopic (exact) mass is 399 g/mol. The Morgan fingerprint density at radius 1 is 1.29 bits per heavy atom. The second kappa shape index (κ2) is 7.76. The van der Waals surface area contributed by atoms with Crippen LogP contribution in [-0.2, 0) is 0 Å². The summed E-state index contributed by atoms with van der Waals surface area (Å²) in [6, 6.07) is 6.25. The Bertz CT molecular complexity index is 968. The number of ether oxygens (including phenoxy) is 1. The van der Waals surface area contributed by atoms with Crippen LogP contribution in [-0.4, -0.2) is 60.2 Å². The number of nitrogens with two attached hydrogens (primary N) is 1. The minimum Gasteiger partial charge on any atom is -0.497 e. The molecule has 0 atom stereocenters. The summed E-state index contributed by atoms with van der Waals surface area (Å²) in [6.45, 7) is 2.17. The third-order valence-electron chi connectivity index (χ3n) is 5.25. The number of benzene rings is 1. The number of fused-ring (bicyclic) bond motifs is 1. The van der Waals surface area contributed by atoms with Crippen molar-refractivity contribution in [1.82, 2.24) is 19.9 Å². The summed E-state index contributed by atoms with van der Waals surface area (Å²) >= 11 is 1.54. The molecule has 4 rings (SSSR count). The molecular weight excluding hydrogens is 374 g/mol. The largest absolute Gasteiger partial charge is 0.497 e. The van der Waals surface area contributed by atoms with E-state index in [1.165, 1.54) is 11.3 Å². The highest BCUT2D eigenvalue weighted by molar-refractivity contribution is 7.22. The van der Waals surface area contributed by atoms with Gasteiger partial charge in [-0.25, -0.2) is 15.0 Å². The fourth-order valence-electron chi connectivity index (χ4n) is 3.51. The van der Waals surface area contributed by atoms with Gasteiger partial charge in [0.25, 0.3) is 0 Å². The molecular formula is C19H25N7OS. The number of nitrogen functional groups attached to an aromatic ring is 1. The van der Waals surface area contributed by atoms with Crippen molar-refractivity contribution in [3.8, 4) is 5.75 Å². The van der Waals surface area contributed by atoms with Gasteiger partial charge in [0, 0.05) is 13.1 Å². The Morgan fingerprint density at radius 2 is 2.07 bits per heavy atom. The third-order valence-corrected chi connectivity index (χ3v) is 6.19. The topological polar surface area (TPSA) is 92.4 Å². The minimum atomic E-state index is 0.427. The average Bonchev–Trinajstić information content (AvgIpc) is 3.11. The number of methoxy groups -OCH3 is 1. The molecule has 9 heteroatoms. The number of thiazole rings is 1. The van der Waals surface area contributed by atoms with Gasteiger partial charge in [0.05, 0.1) is 17.3 Å². The van der Waals surface area contributed by atoms with Crippen molar-refractivity contribution >= 4 is 44.0 Å². The second-order valence-corrected chi connectivity index (χ2v) is 8.11. The molecule has 2 aromatic heterocycles. The summed E-state index contributed by atoms with van der Waals surface area (Å²) in [5.74, 6) is 2.15. The first-order chi connectivity index (χ1) is 13.5. The number of hydrogen-bond acceptors (Lipinski definition) is 9. The number of nitrogens with one attached hydrogen (secondary N) is 1. The molecule has 3 N–H and O–H groups in total. The molecule has 1 aliphatic heterocycles. The quantitative estimate of drug-likeness (QED) is 0.676. The van der Waals surface area contributed by atoms with E-state index in [2.05, 4.69) is 44.2 Å². The second-order valence-electron chi connectivity index (χ2n) is 7.08. The zero-order valence-corrected chi connectivity index (χ0v) is 17.2. The molecule has 3 heterocycles. The third kappa shape index (κ3) is 3.67. The molecule has 1 aromatic carbocycles. The Hall–Kier alpha value is -2.65. The summed E-state index contributed by atoms with van der Waals surface area (Å²) in [4.78, 5) is 17.9. The Kier molecular flexibility index (Phi) is 5.19. The van der Waals surface area contributed by atoms with E-state index >= 15 is 0 Å². The molecule has 1 aliphatic rings. The summed E-state index contributed by atoms with van der Waals surface area (Å²) in [5, 5.41) is 4.00. The number of aromatic nitrogens is 3. The molecule has 148 valence electrons. The Labute approximate surface area is 168 Å². The van der Waals surface area contributed by atoms with E-state index in [-0.39, 0.29) is 0 Å². The molecule has 1 fully saturated rings. The van der Waals surface area contributed by atoms with Gasteiger partial charge in [0.2, 0.25) is 0 Å². The van der Waals surface area contributed by atoms with Crippen LogP contribution in [0.1, 0.15) is 12.8 Å². The first kappa shape index (κ1) is 18.7. The molecule has 28 heavy (non-hydrogen) atoms. The van der Waals surface area contributed by atoms with Gasteiger partial charge in [-0.2, -0.15) is 0 Å². The highest BCUT2D eigenvalue weighted by Gasteiger charge is 2.24. The van der Waals surface area contributed by atoms with Gasteiger partial charge >= 0.3 is 0 Å². The molecule has 0 unspecified atom stereocenters. The highest BCUT2D eigenvalue weighted by Crippen LogP contribution is 2.34. The zero-order chi connectivity index (χ0) is 19.7. The standard InChI is InChI=1S/C19H25N7OS/c1-25-8-6-12(7-9-25)26(2)18-16(20)17(21-11-22-18)24-19-23-14-5-4-13(27-3)10-15(14)28-19/h4-5,10-12H,6-9,20H2,1-3H3,(H,21,22,23,24). The van der Waals surface area contributed by atoms with Crippen LogP contribution in [0, 0.1) is 0 Å². The van der Waals surface area contributed by atoms with Crippen molar-refractivity contribution in [3.63, 3.8) is 0 Å². The number of anilines is 4. The van der Waals surface area contributed by atoms with Gasteiger partial charge in [0.1, 0.15) is 17.8 Å². The lowest BCUT2D eigenvalue weighted by Gasteiger charge is -2.36. The van der Waals surface area contributed by atoms with Gasteiger partial charge in [-0.3, -0.25) is 0 Å². The van der Waals surface area contributed by atoms with Crippen LogP contribution in [0.5, 0.6) is 5.75 Å². The first-order valence-corrected chi connectivity index (χ1v) is 10.1. The number of rotatable bonds is 5. The summed E-state index contributed by atoms with van der Waals surface area (Å²) in [7, 11) is 5.87. The van der Waals surface area contributed by atoms with Gasteiger partial charge in [-0.15, -0.1) is 0 Å². The molecule has 0 aliphatic carbocycles. The lowest BCUT2D eigenvalue weighted by molar-refractivity contribution is 0.252. The van der Waals surface area contributed by atoms with Gasteiger partial charge in [0.15, 0.2) is 16.8 Å². The predicted octanol–water partition coefficient (Wildman–Crippen LogP) is 2.95. The van der Waals surface area contributed by atoms with Crippen LogP contribution in [0.4, 0.5) is 22.5 Å². The lowest BCUT2D eigenvalue weighted by atomic mass is 10.0.